The summed E-state index contributed by atoms with van der Waals surface area (Å²) in [4.78, 5) is 48.5. The molecule has 0 saturated carbocycles. The third kappa shape index (κ3) is 12.2. The van der Waals surface area contributed by atoms with E-state index in [1.165, 1.54) is 18.2 Å². The third-order valence-corrected chi connectivity index (χ3v) is 8.05. The number of carbonyl (C=O) groups excluding carboxylic acids is 3. The lowest BCUT2D eigenvalue weighted by molar-refractivity contribution is -0.271. The fraction of sp³-hybridized carbons (Fsp3) is 0.571. The molecule has 0 unspecified atom stereocenters. The van der Waals surface area contributed by atoms with Crippen LogP contribution in [0.5, 0.6) is 5.75 Å². The highest BCUT2D eigenvalue weighted by atomic mass is 32.2. The molecule has 6 N–H and O–H groups in total. The van der Waals surface area contributed by atoms with Gasteiger partial charge in [0.1, 0.15) is 35.4 Å². The lowest BCUT2D eigenvalue weighted by Gasteiger charge is -2.38. The van der Waals surface area contributed by atoms with Gasteiger partial charge in [0.15, 0.2) is 15.9 Å². The number of hydrogen-bond donors (Lipinski definition) is 7. The van der Waals surface area contributed by atoms with E-state index >= 15 is 0 Å². The minimum absolute atomic E-state index is 0.00257. The van der Waals surface area contributed by atoms with Crippen molar-refractivity contribution in [1.82, 2.24) is 5.32 Å². The highest BCUT2D eigenvalue weighted by Crippen LogP contribution is 2.31. The summed E-state index contributed by atoms with van der Waals surface area (Å²) in [7, 11) is -3.29. The van der Waals surface area contributed by atoms with Crippen LogP contribution in [0.25, 0.3) is 0 Å². The Bertz CT molecular complexity index is 1330. The van der Waals surface area contributed by atoms with Crippen LogP contribution >= 0.6 is 12.6 Å². The van der Waals surface area contributed by atoms with Gasteiger partial charge >= 0.3 is 11.9 Å². The number of carbonyl (C=O) groups is 4. The van der Waals surface area contributed by atoms with Gasteiger partial charge in [-0.2, -0.15) is 12.6 Å². The summed E-state index contributed by atoms with van der Waals surface area (Å²) in [6, 6.07) is 4.19. The van der Waals surface area contributed by atoms with Crippen molar-refractivity contribution >= 4 is 51.9 Å². The number of aliphatic hydroxyl groups excluding tert-OH is 3. The first-order valence-corrected chi connectivity index (χ1v) is 16.1. The number of unbranched alkanes of at least 4 members (excludes halogenated alkanes) is 2. The van der Waals surface area contributed by atoms with Crippen LogP contribution in [0.1, 0.15) is 51.5 Å². The van der Waals surface area contributed by atoms with Gasteiger partial charge in [0.25, 0.3) is 0 Å². The van der Waals surface area contributed by atoms with Crippen molar-refractivity contribution in [3.05, 3.63) is 35.7 Å². The first kappa shape index (κ1) is 38.0. The molecule has 1 fully saturated rings. The molecule has 1 aliphatic rings. The predicted octanol–water partition coefficient (Wildman–Crippen LogP) is 0.273. The van der Waals surface area contributed by atoms with Gasteiger partial charge in [-0.15, -0.1) is 0 Å². The van der Waals surface area contributed by atoms with Gasteiger partial charge < -0.3 is 45.3 Å². The van der Waals surface area contributed by atoms with Crippen molar-refractivity contribution in [2.75, 3.05) is 17.6 Å². The zero-order valence-corrected chi connectivity index (χ0v) is 26.6. The van der Waals surface area contributed by atoms with E-state index in [1.807, 2.05) is 0 Å². The topological polar surface area (TPSA) is 235 Å². The van der Waals surface area contributed by atoms with Crippen LogP contribution in [0, 0.1) is 0 Å². The number of nitrogens with one attached hydrogen (secondary N) is 2. The Morgan fingerprint density at radius 2 is 1.73 bits per heavy atom. The molecule has 1 aromatic rings. The number of benzene rings is 1. The fourth-order valence-electron chi connectivity index (χ4n) is 3.93. The molecule has 0 bridgehead atoms. The predicted molar refractivity (Wildman–Crippen MR) is 163 cm³/mol. The van der Waals surface area contributed by atoms with Crippen LogP contribution < -0.4 is 15.4 Å². The van der Waals surface area contributed by atoms with E-state index in [0.717, 1.165) is 5.41 Å². The van der Waals surface area contributed by atoms with Crippen LogP contribution in [0.15, 0.2) is 30.2 Å². The second-order valence-electron chi connectivity index (χ2n) is 10.8. The van der Waals surface area contributed by atoms with Gasteiger partial charge in [-0.1, -0.05) is 19.1 Å². The minimum Gasteiger partial charge on any atom is -0.479 e. The van der Waals surface area contributed by atoms with Crippen molar-refractivity contribution < 1.29 is 62.2 Å². The Kier molecular flexibility index (Phi) is 14.3. The van der Waals surface area contributed by atoms with E-state index in [4.69, 9.17) is 14.2 Å². The second-order valence-corrected chi connectivity index (χ2v) is 14.0. The van der Waals surface area contributed by atoms with E-state index in [-0.39, 0.29) is 49.1 Å². The van der Waals surface area contributed by atoms with Crippen molar-refractivity contribution in [2.45, 2.75) is 88.0 Å². The Balaban J connectivity index is 2.06. The summed E-state index contributed by atoms with van der Waals surface area (Å²) in [6.07, 6.45) is -8.08. The molecule has 1 saturated heterocycles. The monoisotopic (exact) mass is 676 g/mol. The molecule has 5 atom stereocenters. The SMILES string of the molecule is C=CS(=O)(=O)CCCCCC(=O)NCCC(=O)Nc1cc(COC(=O)C(C)(C)S)ccc1O[C@@H]1O[C@H](C(=O)O)[C@@H](O)[C@H](O)[C@H]1O. The average molecular weight is 677 g/mol. The number of anilines is 1. The fourth-order valence-corrected chi connectivity index (χ4v) is 4.77. The highest BCUT2D eigenvalue weighted by molar-refractivity contribution is 7.94. The summed E-state index contributed by atoms with van der Waals surface area (Å²) >= 11 is 4.16. The number of hydrogen-bond acceptors (Lipinski definition) is 13. The molecule has 45 heavy (non-hydrogen) atoms. The molecule has 252 valence electrons. The Hall–Kier alpha value is -3.22. The van der Waals surface area contributed by atoms with Crippen LogP contribution in [0.4, 0.5) is 5.69 Å². The summed E-state index contributed by atoms with van der Waals surface area (Å²) in [6.45, 7) is 6.09. The number of sulfone groups is 1. The summed E-state index contributed by atoms with van der Waals surface area (Å²) in [5, 5.41) is 45.8. The van der Waals surface area contributed by atoms with Gasteiger partial charge in [-0.05, 0) is 44.4 Å². The maximum atomic E-state index is 12.8. The zero-order valence-electron chi connectivity index (χ0n) is 24.9. The smallest absolute Gasteiger partial charge is 0.335 e. The van der Waals surface area contributed by atoms with E-state index in [2.05, 4.69) is 29.8 Å². The van der Waals surface area contributed by atoms with E-state index in [0.29, 0.717) is 24.8 Å². The van der Waals surface area contributed by atoms with E-state index in [1.54, 1.807) is 13.8 Å². The lowest BCUT2D eigenvalue weighted by atomic mass is 9.99. The number of carboxylic acids is 1. The molecule has 0 radical (unpaired) electrons. The number of aliphatic carboxylic acids is 1. The standard InChI is InChI=1S/C28H40N2O13S2/c1-4-45(39,40)13-7-5-6-8-19(31)29-12-11-20(32)30-17-14-16(15-41-27(38)28(2,3)44)9-10-18(17)42-26-23(35)21(33)22(34)24(43-26)25(36)37/h4,9-10,14,21-24,26,33-35,44H,1,5-8,11-13,15H2,2-3H3,(H,29,31)(H,30,32)(H,36,37)/t21-,22-,23+,24-,26+/m0/s1. The number of esters is 1. The molecule has 2 rings (SSSR count). The van der Waals surface area contributed by atoms with Crippen LogP contribution in [-0.4, -0.2) is 100 Å². The number of thiol groups is 1. The molecule has 15 nitrogen and oxygen atoms in total. The van der Waals surface area contributed by atoms with Crippen LogP contribution in [-0.2, 0) is 45.1 Å². The summed E-state index contributed by atoms with van der Waals surface area (Å²) in [5.74, 6) is -3.29. The van der Waals surface area contributed by atoms with Crippen molar-refractivity contribution in [3.8, 4) is 5.75 Å². The van der Waals surface area contributed by atoms with Gasteiger partial charge in [-0.25, -0.2) is 13.2 Å². The van der Waals surface area contributed by atoms with Crippen LogP contribution in [0.3, 0.4) is 0 Å². The van der Waals surface area contributed by atoms with Crippen molar-refractivity contribution in [3.63, 3.8) is 0 Å². The molecule has 1 aliphatic heterocycles. The number of aliphatic hydroxyl groups is 3. The number of rotatable bonds is 17. The maximum Gasteiger partial charge on any atom is 0.335 e. The van der Waals surface area contributed by atoms with Gasteiger partial charge in [0.2, 0.25) is 18.1 Å². The number of amides is 2. The first-order chi connectivity index (χ1) is 20.9. The third-order valence-electron chi connectivity index (χ3n) is 6.50. The Morgan fingerprint density at radius 3 is 2.36 bits per heavy atom. The van der Waals surface area contributed by atoms with Gasteiger partial charge in [-0.3, -0.25) is 14.4 Å². The normalized spacial score (nSPS) is 21.8. The first-order valence-electron chi connectivity index (χ1n) is 14.0. The molecule has 0 spiro atoms. The molecule has 2 amide bonds. The van der Waals surface area contributed by atoms with E-state index < -0.39 is 63.1 Å². The summed E-state index contributed by atoms with van der Waals surface area (Å²) < 4.78 is 37.8. The number of carboxylic acid groups (broad SMARTS) is 1. The van der Waals surface area contributed by atoms with Crippen molar-refractivity contribution in [1.29, 1.82) is 0 Å². The minimum atomic E-state index is -3.29. The Labute approximate surface area is 266 Å². The lowest BCUT2D eigenvalue weighted by Crippen LogP contribution is -2.61. The molecule has 17 heteroatoms. The van der Waals surface area contributed by atoms with Crippen LogP contribution in [0.2, 0.25) is 0 Å². The molecule has 1 heterocycles. The zero-order chi connectivity index (χ0) is 33.9. The highest BCUT2D eigenvalue weighted by Gasteiger charge is 2.48. The second kappa shape index (κ2) is 16.9. The molecule has 1 aromatic carbocycles. The molecule has 0 aliphatic carbocycles. The molecular weight excluding hydrogens is 636 g/mol. The molecular formula is C28H40N2O13S2. The largest absolute Gasteiger partial charge is 0.479 e. The average Bonchev–Trinajstić information content (AvgIpc) is 2.96. The number of ether oxygens (including phenoxy) is 3. The quantitative estimate of drug-likeness (QED) is 0.0668. The van der Waals surface area contributed by atoms with Gasteiger partial charge in [0, 0.05) is 24.8 Å². The maximum absolute atomic E-state index is 12.8. The van der Waals surface area contributed by atoms with Gasteiger partial charge in [0.05, 0.1) is 11.4 Å². The molecule has 0 aromatic heterocycles. The Morgan fingerprint density at radius 1 is 1.04 bits per heavy atom. The van der Waals surface area contributed by atoms with E-state index in [9.17, 15) is 48.0 Å². The summed E-state index contributed by atoms with van der Waals surface area (Å²) in [5.41, 5.74) is 0.407. The van der Waals surface area contributed by atoms with Crippen molar-refractivity contribution in [2.24, 2.45) is 0 Å².